The molecule has 0 bridgehead atoms. The van der Waals surface area contributed by atoms with Crippen LogP contribution < -0.4 is 5.32 Å². The van der Waals surface area contributed by atoms with Crippen molar-refractivity contribution in [1.82, 2.24) is 9.80 Å². The molecule has 37 heavy (non-hydrogen) atoms. The molecule has 11 nitrogen and oxygen atoms in total. The zero-order valence-electron chi connectivity index (χ0n) is 21.0. The Morgan fingerprint density at radius 2 is 1.78 bits per heavy atom. The zero-order valence-corrected chi connectivity index (χ0v) is 21.0. The van der Waals surface area contributed by atoms with Gasteiger partial charge in [0.05, 0.1) is 30.0 Å². The molecular weight excluding hydrogens is 480 g/mol. The second kappa shape index (κ2) is 10.6. The number of non-ortho nitro benzene ring substituents is 1. The molecule has 2 aliphatic rings. The summed E-state index contributed by atoms with van der Waals surface area (Å²) in [6, 6.07) is 14.5. The molecule has 2 fully saturated rings. The molecule has 2 aliphatic heterocycles. The van der Waals surface area contributed by atoms with Crippen LogP contribution in [-0.4, -0.2) is 69.6 Å². The summed E-state index contributed by atoms with van der Waals surface area (Å²) in [5, 5.41) is 13.5. The Morgan fingerprint density at radius 1 is 1.11 bits per heavy atom. The molecule has 0 spiro atoms. The lowest BCUT2D eigenvalue weighted by atomic mass is 10.0. The molecular formula is C26H30N4O7. The van der Waals surface area contributed by atoms with Crippen LogP contribution in [0.15, 0.2) is 54.6 Å². The number of hydrogen-bond acceptors (Lipinski definition) is 7. The van der Waals surface area contributed by atoms with E-state index in [1.54, 1.807) is 25.7 Å². The highest BCUT2D eigenvalue weighted by Crippen LogP contribution is 2.30. The fourth-order valence-corrected chi connectivity index (χ4v) is 4.44. The highest BCUT2D eigenvalue weighted by molar-refractivity contribution is 5.95. The minimum atomic E-state index is -1.04. The van der Waals surface area contributed by atoms with Gasteiger partial charge in [-0.3, -0.25) is 19.7 Å². The van der Waals surface area contributed by atoms with Gasteiger partial charge in [0.15, 0.2) is 0 Å². The van der Waals surface area contributed by atoms with Crippen molar-refractivity contribution < 1.29 is 28.8 Å². The molecule has 2 heterocycles. The maximum atomic E-state index is 13.5. The van der Waals surface area contributed by atoms with E-state index in [4.69, 9.17) is 9.47 Å². The van der Waals surface area contributed by atoms with E-state index in [1.807, 2.05) is 30.3 Å². The van der Waals surface area contributed by atoms with Gasteiger partial charge in [0.2, 0.25) is 5.91 Å². The van der Waals surface area contributed by atoms with Gasteiger partial charge in [-0.2, -0.15) is 0 Å². The lowest BCUT2D eigenvalue weighted by molar-refractivity contribution is -0.384. The number of fused-ring (bicyclic) bond motifs is 1. The minimum Gasteiger partial charge on any atom is -0.444 e. The summed E-state index contributed by atoms with van der Waals surface area (Å²) in [4.78, 5) is 52.5. The number of nitro groups is 1. The van der Waals surface area contributed by atoms with Crippen molar-refractivity contribution in [3.63, 3.8) is 0 Å². The van der Waals surface area contributed by atoms with Crippen LogP contribution in [0.4, 0.5) is 16.2 Å². The summed E-state index contributed by atoms with van der Waals surface area (Å²) < 4.78 is 11.6. The maximum Gasteiger partial charge on any atom is 0.410 e. The van der Waals surface area contributed by atoms with Crippen LogP contribution in [0.3, 0.4) is 0 Å². The van der Waals surface area contributed by atoms with E-state index in [1.165, 1.54) is 29.2 Å². The number of ether oxygens (including phenoxy) is 2. The van der Waals surface area contributed by atoms with Crippen LogP contribution in [0.5, 0.6) is 0 Å². The summed E-state index contributed by atoms with van der Waals surface area (Å²) in [6.45, 7) is 6.17. The molecule has 2 saturated heterocycles. The van der Waals surface area contributed by atoms with E-state index in [2.05, 4.69) is 5.32 Å². The Bertz CT molecular complexity index is 1160. The molecule has 2 aromatic carbocycles. The Morgan fingerprint density at radius 3 is 2.41 bits per heavy atom. The molecule has 0 saturated carbocycles. The molecule has 0 radical (unpaired) electrons. The highest BCUT2D eigenvalue weighted by Gasteiger charge is 2.49. The number of anilines is 1. The van der Waals surface area contributed by atoms with Gasteiger partial charge in [0.1, 0.15) is 11.7 Å². The average Bonchev–Trinajstić information content (AvgIpc) is 3.26. The highest BCUT2D eigenvalue weighted by atomic mass is 16.6. The van der Waals surface area contributed by atoms with E-state index in [0.717, 1.165) is 5.56 Å². The number of morpholine rings is 1. The van der Waals surface area contributed by atoms with Gasteiger partial charge < -0.3 is 24.6 Å². The zero-order chi connectivity index (χ0) is 26.7. The predicted molar refractivity (Wildman–Crippen MR) is 134 cm³/mol. The lowest BCUT2D eigenvalue weighted by Gasteiger charge is -2.40. The van der Waals surface area contributed by atoms with E-state index in [0.29, 0.717) is 12.2 Å². The van der Waals surface area contributed by atoms with Crippen molar-refractivity contribution in [2.75, 3.05) is 18.4 Å². The number of amides is 3. The maximum absolute atomic E-state index is 13.5. The molecule has 0 aliphatic carbocycles. The molecule has 3 atom stereocenters. The quantitative estimate of drug-likeness (QED) is 0.466. The van der Waals surface area contributed by atoms with Gasteiger partial charge in [-0.1, -0.05) is 30.3 Å². The van der Waals surface area contributed by atoms with Crippen LogP contribution in [0.2, 0.25) is 0 Å². The third-order valence-electron chi connectivity index (χ3n) is 6.11. The first-order chi connectivity index (χ1) is 17.5. The Hall–Kier alpha value is -3.99. The van der Waals surface area contributed by atoms with Crippen molar-refractivity contribution in [2.24, 2.45) is 0 Å². The summed E-state index contributed by atoms with van der Waals surface area (Å²) in [5.41, 5.74) is 0.530. The largest absolute Gasteiger partial charge is 0.444 e. The second-order valence-corrected chi connectivity index (χ2v) is 10.1. The lowest BCUT2D eigenvalue weighted by Crippen LogP contribution is -2.58. The van der Waals surface area contributed by atoms with Crippen LogP contribution in [-0.2, 0) is 25.6 Å². The predicted octanol–water partition coefficient (Wildman–Crippen LogP) is 3.34. The number of rotatable bonds is 6. The molecule has 11 heteroatoms. The van der Waals surface area contributed by atoms with Gasteiger partial charge >= 0.3 is 6.09 Å². The molecule has 196 valence electrons. The van der Waals surface area contributed by atoms with E-state index in [9.17, 15) is 24.5 Å². The Labute approximate surface area is 214 Å². The number of nitro benzene ring substituents is 1. The number of hydrogen-bond donors (Lipinski definition) is 1. The summed E-state index contributed by atoms with van der Waals surface area (Å²) >= 11 is 0. The Balaban J connectivity index is 1.49. The van der Waals surface area contributed by atoms with Gasteiger partial charge in [-0.05, 0) is 38.5 Å². The summed E-state index contributed by atoms with van der Waals surface area (Å²) in [6.07, 6.45) is -2.24. The third kappa shape index (κ3) is 6.42. The average molecular weight is 511 g/mol. The first kappa shape index (κ1) is 26.1. The minimum absolute atomic E-state index is 0.0952. The molecule has 2 aromatic rings. The van der Waals surface area contributed by atoms with Crippen LogP contribution >= 0.6 is 0 Å². The summed E-state index contributed by atoms with van der Waals surface area (Å²) in [7, 11) is 0. The molecule has 0 aromatic heterocycles. The number of carbonyl (C=O) groups excluding carboxylic acids is 3. The monoisotopic (exact) mass is 510 g/mol. The van der Waals surface area contributed by atoms with E-state index >= 15 is 0 Å². The van der Waals surface area contributed by atoms with Gasteiger partial charge in [-0.15, -0.1) is 0 Å². The first-order valence-corrected chi connectivity index (χ1v) is 12.0. The number of nitrogens with one attached hydrogen (secondary N) is 1. The standard InChI is InChI=1S/C26H30N4O7/c1-26(2,3)37-25(33)28-15-20-22(16-28)36-21(24(32)29(20)14-17-7-5-4-6-8-17)13-23(31)27-18-9-11-19(12-10-18)30(34)35/h4-12,20-22H,13-16H2,1-3H3,(H,27,31). The van der Waals surface area contributed by atoms with Gasteiger partial charge in [0, 0.05) is 30.9 Å². The van der Waals surface area contributed by atoms with Crippen molar-refractivity contribution in [3.8, 4) is 0 Å². The topological polar surface area (TPSA) is 131 Å². The second-order valence-electron chi connectivity index (χ2n) is 10.1. The smallest absolute Gasteiger partial charge is 0.410 e. The van der Waals surface area contributed by atoms with Gasteiger partial charge in [-0.25, -0.2) is 4.79 Å². The normalized spacial score (nSPS) is 21.4. The Kier molecular flexibility index (Phi) is 7.44. The molecule has 1 N–H and O–H groups in total. The SMILES string of the molecule is CC(C)(C)OC(=O)N1CC2OC(CC(=O)Nc3ccc([N+](=O)[O-])cc3)C(=O)N(Cc3ccccc3)C2C1. The van der Waals surface area contributed by atoms with Gasteiger partial charge in [0.25, 0.3) is 11.6 Å². The number of benzene rings is 2. The first-order valence-electron chi connectivity index (χ1n) is 12.0. The van der Waals surface area contributed by atoms with E-state index in [-0.39, 0.29) is 37.1 Å². The van der Waals surface area contributed by atoms with E-state index < -0.39 is 34.7 Å². The molecule has 3 unspecified atom stereocenters. The van der Waals surface area contributed by atoms with Crippen molar-refractivity contribution >= 4 is 29.3 Å². The van der Waals surface area contributed by atoms with Crippen molar-refractivity contribution in [1.29, 1.82) is 0 Å². The fourth-order valence-electron chi connectivity index (χ4n) is 4.44. The van der Waals surface area contributed by atoms with Crippen LogP contribution in [0.25, 0.3) is 0 Å². The number of nitrogens with zero attached hydrogens (tertiary/aromatic N) is 3. The van der Waals surface area contributed by atoms with Crippen molar-refractivity contribution in [3.05, 3.63) is 70.3 Å². The third-order valence-corrected chi connectivity index (χ3v) is 6.11. The number of likely N-dealkylation sites (tertiary alicyclic amines) is 1. The van der Waals surface area contributed by atoms with Crippen molar-refractivity contribution in [2.45, 2.75) is 57.6 Å². The number of carbonyl (C=O) groups is 3. The molecule has 3 amide bonds. The molecule has 4 rings (SSSR count). The van der Waals surface area contributed by atoms with Crippen LogP contribution in [0, 0.1) is 10.1 Å². The summed E-state index contributed by atoms with van der Waals surface area (Å²) in [5.74, 6) is -0.803. The fraction of sp³-hybridized carbons (Fsp3) is 0.423. The van der Waals surface area contributed by atoms with Crippen LogP contribution in [0.1, 0.15) is 32.8 Å².